The molecule has 1 aromatic carbocycles. The Bertz CT molecular complexity index is 634. The van der Waals surface area contributed by atoms with Gasteiger partial charge in [0.25, 0.3) is 0 Å². The van der Waals surface area contributed by atoms with E-state index in [0.29, 0.717) is 22.0 Å². The van der Waals surface area contributed by atoms with Gasteiger partial charge in [0.2, 0.25) is 0 Å². The van der Waals surface area contributed by atoms with Crippen LogP contribution in [-0.4, -0.2) is 16.1 Å². The quantitative estimate of drug-likeness (QED) is 0.922. The topological polar surface area (TPSA) is 50.2 Å². The standard InChI is InChI=1S/C14H13ClFNO2S/c1-14(2,13-17-11(7-20-13)12(18)19)6-8-9(15)4-3-5-10(8)16/h3-5,7H,6H2,1-2H3,(H,18,19). The first-order valence-corrected chi connectivity index (χ1v) is 7.19. The van der Waals surface area contributed by atoms with Crippen molar-refractivity contribution in [1.82, 2.24) is 4.98 Å². The van der Waals surface area contributed by atoms with E-state index in [1.165, 1.54) is 22.8 Å². The molecule has 2 rings (SSSR count). The second-order valence-corrected chi connectivity index (χ2v) is 6.37. The summed E-state index contributed by atoms with van der Waals surface area (Å²) in [4.78, 5) is 15.0. The number of aromatic carboxylic acids is 1. The lowest BCUT2D eigenvalue weighted by Gasteiger charge is -2.22. The molecule has 1 heterocycles. The first-order valence-electron chi connectivity index (χ1n) is 5.93. The molecule has 0 bridgehead atoms. The van der Waals surface area contributed by atoms with Gasteiger partial charge < -0.3 is 5.11 Å². The molecule has 0 fully saturated rings. The first-order chi connectivity index (χ1) is 9.31. The number of thiazole rings is 1. The van der Waals surface area contributed by atoms with E-state index in [-0.39, 0.29) is 11.5 Å². The van der Waals surface area contributed by atoms with Crippen molar-refractivity contribution in [2.45, 2.75) is 25.7 Å². The number of halogens is 2. The van der Waals surface area contributed by atoms with Crippen LogP contribution in [0.25, 0.3) is 0 Å². The van der Waals surface area contributed by atoms with Crippen LogP contribution < -0.4 is 0 Å². The molecule has 2 aromatic rings. The van der Waals surface area contributed by atoms with Crippen LogP contribution in [0.5, 0.6) is 0 Å². The van der Waals surface area contributed by atoms with E-state index >= 15 is 0 Å². The molecule has 1 N–H and O–H groups in total. The number of carbonyl (C=O) groups is 1. The van der Waals surface area contributed by atoms with Gasteiger partial charge in [-0.05, 0) is 18.6 Å². The van der Waals surface area contributed by atoms with Crippen LogP contribution in [0.3, 0.4) is 0 Å². The summed E-state index contributed by atoms with van der Waals surface area (Å²) in [7, 11) is 0. The van der Waals surface area contributed by atoms with Crippen LogP contribution in [0.4, 0.5) is 4.39 Å². The molecule has 0 spiro atoms. The van der Waals surface area contributed by atoms with Crippen LogP contribution in [0.15, 0.2) is 23.6 Å². The summed E-state index contributed by atoms with van der Waals surface area (Å²) >= 11 is 7.29. The smallest absolute Gasteiger partial charge is 0.355 e. The minimum atomic E-state index is -1.06. The monoisotopic (exact) mass is 313 g/mol. The molecule has 6 heteroatoms. The van der Waals surface area contributed by atoms with Gasteiger partial charge in [-0.2, -0.15) is 0 Å². The number of benzene rings is 1. The Morgan fingerprint density at radius 2 is 2.20 bits per heavy atom. The third-order valence-corrected chi connectivity index (χ3v) is 4.55. The summed E-state index contributed by atoms with van der Waals surface area (Å²) in [5.41, 5.74) is -0.0616. The fourth-order valence-electron chi connectivity index (χ4n) is 1.90. The van der Waals surface area contributed by atoms with Gasteiger partial charge in [0.05, 0.1) is 5.01 Å². The lowest BCUT2D eigenvalue weighted by molar-refractivity contribution is 0.0691. The highest BCUT2D eigenvalue weighted by molar-refractivity contribution is 7.10. The lowest BCUT2D eigenvalue weighted by Crippen LogP contribution is -2.21. The molecule has 0 saturated heterocycles. The number of rotatable bonds is 4. The highest BCUT2D eigenvalue weighted by Gasteiger charge is 2.28. The lowest BCUT2D eigenvalue weighted by atomic mass is 9.86. The summed E-state index contributed by atoms with van der Waals surface area (Å²) < 4.78 is 13.8. The predicted molar refractivity (Wildman–Crippen MR) is 77.2 cm³/mol. The summed E-state index contributed by atoms with van der Waals surface area (Å²) in [6.07, 6.45) is 0.352. The van der Waals surface area contributed by atoms with Crippen molar-refractivity contribution in [3.05, 3.63) is 50.7 Å². The van der Waals surface area contributed by atoms with Crippen molar-refractivity contribution in [2.75, 3.05) is 0 Å². The van der Waals surface area contributed by atoms with E-state index < -0.39 is 11.4 Å². The number of nitrogens with zero attached hydrogens (tertiary/aromatic N) is 1. The van der Waals surface area contributed by atoms with Crippen molar-refractivity contribution in [3.63, 3.8) is 0 Å². The molecule has 1 aromatic heterocycles. The van der Waals surface area contributed by atoms with Gasteiger partial charge in [-0.15, -0.1) is 11.3 Å². The molecule has 0 aliphatic heterocycles. The van der Waals surface area contributed by atoms with Crippen LogP contribution >= 0.6 is 22.9 Å². The summed E-state index contributed by atoms with van der Waals surface area (Å²) in [6, 6.07) is 4.56. The van der Waals surface area contributed by atoms with Crippen molar-refractivity contribution >= 4 is 28.9 Å². The summed E-state index contributed by atoms with van der Waals surface area (Å²) in [5, 5.41) is 11.4. The summed E-state index contributed by atoms with van der Waals surface area (Å²) in [5.74, 6) is -1.42. The highest BCUT2D eigenvalue weighted by Crippen LogP contribution is 2.33. The number of hydrogen-bond donors (Lipinski definition) is 1. The molecule has 0 unspecified atom stereocenters. The minimum absolute atomic E-state index is 0.0118. The molecular formula is C14H13ClFNO2S. The Morgan fingerprint density at radius 3 is 2.75 bits per heavy atom. The number of carboxylic acid groups (broad SMARTS) is 1. The van der Waals surface area contributed by atoms with Gasteiger partial charge in [-0.25, -0.2) is 14.2 Å². The maximum atomic E-state index is 13.8. The number of carboxylic acids is 1. The third-order valence-electron chi connectivity index (χ3n) is 2.98. The van der Waals surface area contributed by atoms with E-state index in [4.69, 9.17) is 16.7 Å². The molecular weight excluding hydrogens is 301 g/mol. The zero-order valence-electron chi connectivity index (χ0n) is 11.0. The van der Waals surface area contributed by atoms with E-state index in [2.05, 4.69) is 4.98 Å². The van der Waals surface area contributed by atoms with Gasteiger partial charge in [-0.1, -0.05) is 31.5 Å². The van der Waals surface area contributed by atoms with Crippen LogP contribution in [0, 0.1) is 5.82 Å². The van der Waals surface area contributed by atoms with Crippen molar-refractivity contribution in [1.29, 1.82) is 0 Å². The van der Waals surface area contributed by atoms with Crippen LogP contribution in [-0.2, 0) is 11.8 Å². The normalized spacial score (nSPS) is 11.6. The Kier molecular flexibility index (Phi) is 4.11. The van der Waals surface area contributed by atoms with Gasteiger partial charge in [0, 0.05) is 21.4 Å². The largest absolute Gasteiger partial charge is 0.476 e. The molecule has 0 saturated carbocycles. The minimum Gasteiger partial charge on any atom is -0.476 e. The Morgan fingerprint density at radius 1 is 1.50 bits per heavy atom. The van der Waals surface area contributed by atoms with Gasteiger partial charge in [0.15, 0.2) is 5.69 Å². The van der Waals surface area contributed by atoms with E-state index in [1.807, 2.05) is 13.8 Å². The number of hydrogen-bond acceptors (Lipinski definition) is 3. The fraction of sp³-hybridized carbons (Fsp3) is 0.286. The average molecular weight is 314 g/mol. The van der Waals surface area contributed by atoms with Crippen molar-refractivity contribution in [3.8, 4) is 0 Å². The summed E-state index contributed by atoms with van der Waals surface area (Å²) in [6.45, 7) is 3.78. The van der Waals surface area contributed by atoms with Gasteiger partial charge >= 0.3 is 5.97 Å². The molecule has 0 aliphatic carbocycles. The van der Waals surface area contributed by atoms with E-state index in [1.54, 1.807) is 12.1 Å². The zero-order chi connectivity index (χ0) is 14.9. The molecule has 0 radical (unpaired) electrons. The van der Waals surface area contributed by atoms with Crippen LogP contribution in [0.2, 0.25) is 5.02 Å². The molecule has 0 aliphatic rings. The molecule has 3 nitrogen and oxygen atoms in total. The highest BCUT2D eigenvalue weighted by atomic mass is 35.5. The molecule has 0 atom stereocenters. The molecule has 106 valence electrons. The van der Waals surface area contributed by atoms with E-state index in [9.17, 15) is 9.18 Å². The maximum Gasteiger partial charge on any atom is 0.355 e. The van der Waals surface area contributed by atoms with Gasteiger partial charge in [-0.3, -0.25) is 0 Å². The number of aromatic nitrogens is 1. The fourth-order valence-corrected chi connectivity index (χ4v) is 3.05. The third kappa shape index (κ3) is 2.99. The van der Waals surface area contributed by atoms with Gasteiger partial charge in [0.1, 0.15) is 5.82 Å². The first kappa shape index (κ1) is 14.9. The second-order valence-electron chi connectivity index (χ2n) is 5.10. The van der Waals surface area contributed by atoms with E-state index in [0.717, 1.165) is 0 Å². The predicted octanol–water partition coefficient (Wildman–Crippen LogP) is 4.15. The average Bonchev–Trinajstić information content (AvgIpc) is 2.84. The van der Waals surface area contributed by atoms with Crippen molar-refractivity contribution < 1.29 is 14.3 Å². The molecule has 0 amide bonds. The van der Waals surface area contributed by atoms with Crippen molar-refractivity contribution in [2.24, 2.45) is 0 Å². The van der Waals surface area contributed by atoms with Crippen LogP contribution in [0.1, 0.15) is 34.9 Å². The second kappa shape index (κ2) is 5.50. The Hall–Kier alpha value is -1.46. The maximum absolute atomic E-state index is 13.8. The zero-order valence-corrected chi connectivity index (χ0v) is 12.6. The SMILES string of the molecule is CC(C)(Cc1c(F)cccc1Cl)c1nc(C(=O)O)cs1. The molecule has 20 heavy (non-hydrogen) atoms. The Labute approximate surface area is 125 Å². The Balaban J connectivity index is 2.32.